The normalized spacial score (nSPS) is 12.9. The van der Waals surface area contributed by atoms with Crippen molar-refractivity contribution in [3.63, 3.8) is 0 Å². The minimum Gasteiger partial charge on any atom is -0.334 e. The SMILES string of the molecule is Cc1nc(C)c(C(=O)Nc2nc(-c3ccc4c(c3)CNC(=O)N4)cs2)s1. The second-order valence-electron chi connectivity index (χ2n) is 5.82. The average Bonchev–Trinajstić information content (AvgIpc) is 3.20. The number of hydrogen-bond donors (Lipinski definition) is 3. The molecule has 0 unspecified atom stereocenters. The number of hydrogen-bond acceptors (Lipinski definition) is 6. The lowest BCUT2D eigenvalue weighted by Gasteiger charge is -2.18. The van der Waals surface area contributed by atoms with Crippen molar-refractivity contribution in [3.8, 4) is 11.3 Å². The van der Waals surface area contributed by atoms with Gasteiger partial charge in [-0.15, -0.1) is 22.7 Å². The number of benzene rings is 1. The van der Waals surface area contributed by atoms with Crippen molar-refractivity contribution in [2.75, 3.05) is 10.6 Å². The fourth-order valence-electron chi connectivity index (χ4n) is 2.72. The lowest BCUT2D eigenvalue weighted by atomic mass is 10.1. The highest BCUT2D eigenvalue weighted by Crippen LogP contribution is 2.30. The molecule has 7 nitrogen and oxygen atoms in total. The first-order chi connectivity index (χ1) is 12.5. The third-order valence-corrected chi connectivity index (χ3v) is 5.75. The number of amides is 3. The Morgan fingerprint density at radius 1 is 1.27 bits per heavy atom. The topological polar surface area (TPSA) is 96.0 Å². The van der Waals surface area contributed by atoms with Gasteiger partial charge in [-0.2, -0.15) is 0 Å². The maximum absolute atomic E-state index is 12.4. The smallest absolute Gasteiger partial charge is 0.319 e. The highest BCUT2D eigenvalue weighted by atomic mass is 32.1. The fraction of sp³-hybridized carbons (Fsp3) is 0.176. The Labute approximate surface area is 157 Å². The second kappa shape index (κ2) is 6.50. The van der Waals surface area contributed by atoms with Crippen LogP contribution in [0.3, 0.4) is 0 Å². The van der Waals surface area contributed by atoms with Crippen molar-refractivity contribution in [2.24, 2.45) is 0 Å². The molecule has 0 atom stereocenters. The fourth-order valence-corrected chi connectivity index (χ4v) is 4.25. The van der Waals surface area contributed by atoms with Gasteiger partial charge in [-0.3, -0.25) is 10.1 Å². The predicted octanol–water partition coefficient (Wildman–Crippen LogP) is 3.77. The van der Waals surface area contributed by atoms with Crippen LogP contribution >= 0.6 is 22.7 Å². The van der Waals surface area contributed by atoms with E-state index in [0.29, 0.717) is 16.6 Å². The minimum atomic E-state index is -0.197. The number of fused-ring (bicyclic) bond motifs is 1. The molecule has 3 amide bonds. The Bertz CT molecular complexity index is 1020. The molecule has 0 aliphatic carbocycles. The minimum absolute atomic E-state index is 0.189. The monoisotopic (exact) mass is 385 g/mol. The summed E-state index contributed by atoms with van der Waals surface area (Å²) in [7, 11) is 0. The first-order valence-corrected chi connectivity index (χ1v) is 9.58. The van der Waals surface area contributed by atoms with Crippen LogP contribution in [0, 0.1) is 13.8 Å². The van der Waals surface area contributed by atoms with Crippen LogP contribution in [0.2, 0.25) is 0 Å². The van der Waals surface area contributed by atoms with E-state index in [-0.39, 0.29) is 11.9 Å². The maximum Gasteiger partial charge on any atom is 0.319 e. The van der Waals surface area contributed by atoms with Crippen molar-refractivity contribution < 1.29 is 9.59 Å². The largest absolute Gasteiger partial charge is 0.334 e. The number of carbonyl (C=O) groups excluding carboxylic acids is 2. The number of rotatable bonds is 3. The molecular weight excluding hydrogens is 370 g/mol. The maximum atomic E-state index is 12.4. The molecule has 0 spiro atoms. The summed E-state index contributed by atoms with van der Waals surface area (Å²) in [6.07, 6.45) is 0. The van der Waals surface area contributed by atoms with Crippen LogP contribution in [0.15, 0.2) is 23.6 Å². The third kappa shape index (κ3) is 3.18. The summed E-state index contributed by atoms with van der Waals surface area (Å²) in [6, 6.07) is 5.56. The zero-order valence-corrected chi connectivity index (χ0v) is 15.7. The van der Waals surface area contributed by atoms with Crippen molar-refractivity contribution >= 4 is 45.4 Å². The van der Waals surface area contributed by atoms with E-state index >= 15 is 0 Å². The Morgan fingerprint density at radius 3 is 2.88 bits per heavy atom. The van der Waals surface area contributed by atoms with Crippen LogP contribution in [0.5, 0.6) is 0 Å². The number of nitrogens with zero attached hydrogens (tertiary/aromatic N) is 2. The number of nitrogens with one attached hydrogen (secondary N) is 3. The van der Waals surface area contributed by atoms with Crippen molar-refractivity contribution in [1.29, 1.82) is 0 Å². The zero-order valence-electron chi connectivity index (χ0n) is 14.0. The molecule has 132 valence electrons. The van der Waals surface area contributed by atoms with Crippen LogP contribution in [0.4, 0.5) is 15.6 Å². The molecule has 1 aromatic carbocycles. The molecule has 1 aliphatic rings. The van der Waals surface area contributed by atoms with Gasteiger partial charge >= 0.3 is 6.03 Å². The Morgan fingerprint density at radius 2 is 2.12 bits per heavy atom. The van der Waals surface area contributed by atoms with Gasteiger partial charge in [-0.05, 0) is 31.5 Å². The van der Waals surface area contributed by atoms with Gasteiger partial charge in [0.05, 0.1) is 16.4 Å². The molecular formula is C17H15N5O2S2. The van der Waals surface area contributed by atoms with Gasteiger partial charge in [0.2, 0.25) is 0 Å². The van der Waals surface area contributed by atoms with Crippen molar-refractivity contribution in [3.05, 3.63) is 44.7 Å². The highest BCUT2D eigenvalue weighted by Gasteiger charge is 2.17. The van der Waals surface area contributed by atoms with Gasteiger partial charge in [0.15, 0.2) is 5.13 Å². The molecule has 1 aliphatic heterocycles. The first kappa shape index (κ1) is 16.7. The Hall–Kier alpha value is -2.78. The molecule has 3 aromatic rings. The summed E-state index contributed by atoms with van der Waals surface area (Å²) in [4.78, 5) is 33.1. The van der Waals surface area contributed by atoms with Gasteiger partial charge < -0.3 is 10.6 Å². The molecule has 2 aromatic heterocycles. The van der Waals surface area contributed by atoms with Crippen LogP contribution < -0.4 is 16.0 Å². The van der Waals surface area contributed by atoms with Gasteiger partial charge in [0, 0.05) is 23.2 Å². The lowest BCUT2D eigenvalue weighted by molar-refractivity contribution is 0.103. The molecule has 0 bridgehead atoms. The van der Waals surface area contributed by atoms with E-state index in [4.69, 9.17) is 0 Å². The van der Waals surface area contributed by atoms with Gasteiger partial charge in [-0.25, -0.2) is 14.8 Å². The number of thiazole rings is 2. The standard InChI is InChI=1S/C17H15N5O2S2/c1-8-14(26-9(2)19-8)15(23)22-17-21-13(7-25-17)10-3-4-12-11(5-10)6-18-16(24)20-12/h3-5,7H,6H2,1-2H3,(H2,18,20,24)(H,21,22,23). The summed E-state index contributed by atoms with van der Waals surface area (Å²) in [5.41, 5.74) is 4.24. The quantitative estimate of drug-likeness (QED) is 0.639. The molecule has 4 rings (SSSR count). The molecule has 3 N–H and O–H groups in total. The molecule has 0 saturated heterocycles. The second-order valence-corrected chi connectivity index (χ2v) is 7.88. The Balaban J connectivity index is 1.54. The summed E-state index contributed by atoms with van der Waals surface area (Å²) < 4.78 is 0. The number of carbonyl (C=O) groups is 2. The van der Waals surface area contributed by atoms with E-state index in [1.54, 1.807) is 0 Å². The number of aromatic nitrogens is 2. The van der Waals surface area contributed by atoms with Gasteiger partial charge in [0.25, 0.3) is 5.91 Å². The molecule has 9 heteroatoms. The van der Waals surface area contributed by atoms with Crippen molar-refractivity contribution in [2.45, 2.75) is 20.4 Å². The first-order valence-electron chi connectivity index (χ1n) is 7.88. The lowest BCUT2D eigenvalue weighted by Crippen LogP contribution is -2.33. The summed E-state index contributed by atoms with van der Waals surface area (Å²) in [5.74, 6) is -0.189. The number of urea groups is 1. The van der Waals surface area contributed by atoms with Crippen molar-refractivity contribution in [1.82, 2.24) is 15.3 Å². The van der Waals surface area contributed by atoms with Crippen LogP contribution in [-0.4, -0.2) is 21.9 Å². The summed E-state index contributed by atoms with van der Waals surface area (Å²) in [6.45, 7) is 4.18. The zero-order chi connectivity index (χ0) is 18.3. The Kier molecular flexibility index (Phi) is 4.17. The summed E-state index contributed by atoms with van der Waals surface area (Å²) in [5, 5.41) is 11.7. The van der Waals surface area contributed by atoms with Crippen LogP contribution in [-0.2, 0) is 6.54 Å². The van der Waals surface area contributed by atoms with Crippen LogP contribution in [0.1, 0.15) is 25.9 Å². The summed E-state index contributed by atoms with van der Waals surface area (Å²) >= 11 is 2.75. The third-order valence-electron chi connectivity index (χ3n) is 3.92. The van der Waals surface area contributed by atoms with Crippen LogP contribution in [0.25, 0.3) is 11.3 Å². The van der Waals surface area contributed by atoms with E-state index in [2.05, 4.69) is 25.9 Å². The van der Waals surface area contributed by atoms with E-state index in [0.717, 1.165) is 33.2 Å². The van der Waals surface area contributed by atoms with Gasteiger partial charge in [0.1, 0.15) is 4.88 Å². The molecule has 0 saturated carbocycles. The number of anilines is 2. The van der Waals surface area contributed by atoms with Gasteiger partial charge in [-0.1, -0.05) is 6.07 Å². The highest BCUT2D eigenvalue weighted by molar-refractivity contribution is 7.15. The average molecular weight is 385 g/mol. The van der Waals surface area contributed by atoms with E-state index < -0.39 is 0 Å². The molecule has 0 fully saturated rings. The van der Waals surface area contributed by atoms with E-state index in [9.17, 15) is 9.59 Å². The predicted molar refractivity (Wildman–Crippen MR) is 103 cm³/mol. The van der Waals surface area contributed by atoms with E-state index in [1.807, 2.05) is 37.4 Å². The molecule has 26 heavy (non-hydrogen) atoms. The molecule has 3 heterocycles. The number of aryl methyl sites for hydroxylation is 2. The molecule has 0 radical (unpaired) electrons. The van der Waals surface area contributed by atoms with E-state index in [1.165, 1.54) is 22.7 Å².